The molecule has 0 heterocycles. The number of hydrogen-bond acceptors (Lipinski definition) is 7. The first-order valence-corrected chi connectivity index (χ1v) is 24.9. The molecule has 77 heavy (non-hydrogen) atoms. The van der Waals surface area contributed by atoms with Crippen molar-refractivity contribution >= 4 is 17.8 Å². The minimum absolute atomic E-state index is 0.0218. The van der Waals surface area contributed by atoms with Gasteiger partial charge in [-0.15, -0.1) is 0 Å². The summed E-state index contributed by atoms with van der Waals surface area (Å²) in [6.45, 7) is 8.06. The van der Waals surface area contributed by atoms with Crippen molar-refractivity contribution in [3.05, 3.63) is 142 Å². The number of carbonyl (C=O) groups excluding carboxylic acids is 3. The van der Waals surface area contributed by atoms with Gasteiger partial charge in [0.25, 0.3) is 0 Å². The summed E-state index contributed by atoms with van der Waals surface area (Å²) in [4.78, 5) is 38.1. The lowest BCUT2D eigenvalue weighted by Crippen LogP contribution is -2.57. The highest BCUT2D eigenvalue weighted by Crippen LogP contribution is 2.51. The summed E-state index contributed by atoms with van der Waals surface area (Å²) in [7, 11) is 3.00. The molecular weight excluding hydrogens is 1040 g/mol. The van der Waals surface area contributed by atoms with Gasteiger partial charge in [0.15, 0.2) is 0 Å². The monoisotopic (exact) mass is 1100 g/mol. The van der Waals surface area contributed by atoms with E-state index in [-0.39, 0.29) is 54.7 Å². The third kappa shape index (κ3) is 15.8. The summed E-state index contributed by atoms with van der Waals surface area (Å²) >= 11 is 0. The highest BCUT2D eigenvalue weighted by molar-refractivity contribution is 5.87. The highest BCUT2D eigenvalue weighted by Gasteiger charge is 2.50. The Labute approximate surface area is 440 Å². The van der Waals surface area contributed by atoms with E-state index in [2.05, 4.69) is 10.6 Å². The Kier molecular flexibility index (Phi) is 19.2. The third-order valence-corrected chi connectivity index (χ3v) is 14.7. The Morgan fingerprint density at radius 2 is 0.844 bits per heavy atom. The number of alkyl halides is 12. The molecule has 2 fully saturated rings. The minimum Gasteiger partial charge on any atom is -0.460 e. The number of ether oxygens (including phenoxy) is 3. The molecule has 0 saturated heterocycles. The molecule has 4 aromatic rings. The third-order valence-electron chi connectivity index (χ3n) is 14.7. The summed E-state index contributed by atoms with van der Waals surface area (Å²) in [5, 5.41) is 5.23. The van der Waals surface area contributed by atoms with Crippen LogP contribution in [0.15, 0.2) is 97.1 Å². The van der Waals surface area contributed by atoms with E-state index >= 15 is 0 Å². The van der Waals surface area contributed by atoms with Gasteiger partial charge in [-0.1, -0.05) is 60.7 Å². The molecule has 6 rings (SSSR count). The van der Waals surface area contributed by atoms with Gasteiger partial charge in [0.1, 0.15) is 5.60 Å². The molecule has 0 spiro atoms. The second-order valence-electron chi connectivity index (χ2n) is 21.2. The van der Waals surface area contributed by atoms with E-state index < -0.39 is 92.5 Å². The molecule has 424 valence electrons. The lowest BCUT2D eigenvalue weighted by Gasteiger charge is -2.46. The first-order valence-electron chi connectivity index (χ1n) is 24.9. The first-order chi connectivity index (χ1) is 35.5. The molecule has 4 N–H and O–H groups in total. The fraction of sp³-hybridized carbons (Fsp3) is 0.518. The van der Waals surface area contributed by atoms with Gasteiger partial charge in [-0.3, -0.25) is 14.4 Å². The summed E-state index contributed by atoms with van der Waals surface area (Å²) in [5.41, 5.74) is -2.09. The topological polar surface area (TPSA) is 129 Å². The number of amides is 2. The Morgan fingerprint density at radius 3 is 1.14 bits per heavy atom. The van der Waals surface area contributed by atoms with Crippen molar-refractivity contribution in [2.75, 3.05) is 27.3 Å². The Morgan fingerprint density at radius 1 is 0.519 bits per heavy atom. The molecule has 2 atom stereocenters. The largest absolute Gasteiger partial charge is 0.460 e. The smallest absolute Gasteiger partial charge is 0.416 e. The van der Waals surface area contributed by atoms with Crippen LogP contribution in [0.1, 0.15) is 149 Å². The number of benzene rings is 4. The molecular formula is C56H65F12N3O6. The molecule has 0 unspecified atom stereocenters. The predicted molar refractivity (Wildman–Crippen MR) is 263 cm³/mol. The number of carbonyl (C=O) groups is 3. The lowest BCUT2D eigenvalue weighted by atomic mass is 9.60. The molecule has 0 aromatic heterocycles. The van der Waals surface area contributed by atoms with Crippen LogP contribution in [0.5, 0.6) is 0 Å². The van der Waals surface area contributed by atoms with Crippen LogP contribution < -0.4 is 16.4 Å². The van der Waals surface area contributed by atoms with Crippen molar-refractivity contribution in [1.29, 1.82) is 0 Å². The van der Waals surface area contributed by atoms with Crippen LogP contribution in [0.2, 0.25) is 0 Å². The summed E-state index contributed by atoms with van der Waals surface area (Å²) in [6.07, 6.45) is -19.1. The number of rotatable bonds is 14. The second kappa shape index (κ2) is 23.7. The number of likely N-dealkylation sites (N-methyl/N-ethyl adjacent to an activating group) is 1. The average molecular weight is 1100 g/mol. The van der Waals surface area contributed by atoms with E-state index in [1.54, 1.807) is 20.8 Å². The van der Waals surface area contributed by atoms with E-state index in [4.69, 9.17) is 19.9 Å². The molecule has 9 nitrogen and oxygen atoms in total. The molecule has 0 radical (unpaired) electrons. The fourth-order valence-corrected chi connectivity index (χ4v) is 10.1. The van der Waals surface area contributed by atoms with E-state index in [9.17, 15) is 67.1 Å². The van der Waals surface area contributed by atoms with Gasteiger partial charge in [0, 0.05) is 24.9 Å². The lowest BCUT2D eigenvalue weighted by molar-refractivity contribution is -0.162. The second-order valence-corrected chi connectivity index (χ2v) is 21.2. The zero-order valence-corrected chi connectivity index (χ0v) is 43.7. The van der Waals surface area contributed by atoms with Gasteiger partial charge >= 0.3 is 30.7 Å². The molecule has 0 bridgehead atoms. The molecule has 2 aliphatic rings. The van der Waals surface area contributed by atoms with E-state index in [1.807, 2.05) is 60.7 Å². The summed E-state index contributed by atoms with van der Waals surface area (Å²) in [6, 6.07) is 21.4. The van der Waals surface area contributed by atoms with Gasteiger partial charge in [-0.25, -0.2) is 0 Å². The quantitative estimate of drug-likeness (QED) is 0.0847. The SMILES string of the molecule is CNC(=O)C1(CC(=O)OC(C)(C)C)CCC(CO[C@H](C)c2cc(C(F)(F)F)cc(C(F)(F)F)c2)(c2ccccc2)CC1.CNC(=O)C1(N)CCC(CO[C@H](C)c2cc(C(F)(F)F)cc(C(F)(F)F)c2)(c2ccccc2)CC1. The van der Waals surface area contributed by atoms with Crippen LogP contribution in [0.25, 0.3) is 0 Å². The number of hydrogen-bond donors (Lipinski definition) is 3. The van der Waals surface area contributed by atoms with E-state index in [0.29, 0.717) is 75.6 Å². The number of nitrogens with two attached hydrogens (primary N) is 1. The van der Waals surface area contributed by atoms with Crippen LogP contribution in [-0.2, 0) is 64.1 Å². The van der Waals surface area contributed by atoms with Gasteiger partial charge in [-0.2, -0.15) is 52.7 Å². The molecule has 4 aromatic carbocycles. The maximum atomic E-state index is 13.4. The Bertz CT molecular complexity index is 2570. The number of esters is 1. The standard InChI is InChI=1S/C31H37F6NO4.C25H28F6N2O2/c1-20(21-15-23(30(32,33)34)17-24(16-21)31(35,36)37)41-19-29(22-9-7-6-8-10-22)13-11-28(12-14-29,26(40)38-5)18-25(39)42-27(2,3)4;1-16(17-12-19(24(26,27)28)14-20(13-17)25(29,30)31)35-15-22(18-6-4-3-5-7-18)8-10-23(32,11-9-22)21(34)33-2/h6-10,15-17,20H,11-14,18-19H2,1-5H3,(H,38,40);3-7,12-14,16H,8-11,15,32H2,1-2H3,(H,33,34)/t20-,28?,29?;16-,22?,23?/m11/s1. The number of nitrogens with one attached hydrogen (secondary N) is 2. The van der Waals surface area contributed by atoms with Crippen LogP contribution in [-0.4, -0.2) is 56.2 Å². The van der Waals surface area contributed by atoms with Crippen molar-refractivity contribution < 1.29 is 81.3 Å². The van der Waals surface area contributed by atoms with E-state index in [1.165, 1.54) is 27.9 Å². The van der Waals surface area contributed by atoms with Gasteiger partial charge in [0.2, 0.25) is 11.8 Å². The molecule has 21 heteroatoms. The van der Waals surface area contributed by atoms with Crippen LogP contribution in [0.4, 0.5) is 52.7 Å². The van der Waals surface area contributed by atoms with Gasteiger partial charge in [-0.05, 0) is 145 Å². The summed E-state index contributed by atoms with van der Waals surface area (Å²) in [5.74, 6) is -1.08. The van der Waals surface area contributed by atoms with E-state index in [0.717, 1.165) is 11.1 Å². The van der Waals surface area contributed by atoms with Crippen LogP contribution >= 0.6 is 0 Å². The van der Waals surface area contributed by atoms with Crippen molar-refractivity contribution in [2.24, 2.45) is 11.1 Å². The maximum absolute atomic E-state index is 13.4. The zero-order chi connectivity index (χ0) is 57.6. The Hall–Kier alpha value is -5.67. The minimum atomic E-state index is -4.97. The average Bonchev–Trinajstić information content (AvgIpc) is 3.36. The number of halogens is 12. The Balaban J connectivity index is 0.000000289. The van der Waals surface area contributed by atoms with Crippen molar-refractivity contribution in [3.8, 4) is 0 Å². The molecule has 2 saturated carbocycles. The van der Waals surface area contributed by atoms with Crippen molar-refractivity contribution in [1.82, 2.24) is 10.6 Å². The maximum Gasteiger partial charge on any atom is 0.416 e. The zero-order valence-electron chi connectivity index (χ0n) is 43.7. The summed E-state index contributed by atoms with van der Waals surface area (Å²) < 4.78 is 178. The molecule has 2 amide bonds. The van der Waals surface area contributed by atoms with Crippen LogP contribution in [0.3, 0.4) is 0 Å². The predicted octanol–water partition coefficient (Wildman–Crippen LogP) is 13.5. The van der Waals surface area contributed by atoms with Crippen LogP contribution in [0, 0.1) is 5.41 Å². The molecule has 2 aliphatic carbocycles. The van der Waals surface area contributed by atoms with Gasteiger partial charge in [0.05, 0.1) is 65.1 Å². The first kappa shape index (κ1) is 62.2. The normalized spacial score (nSPS) is 23.2. The highest BCUT2D eigenvalue weighted by atomic mass is 19.4. The van der Waals surface area contributed by atoms with Gasteiger partial charge < -0.3 is 30.6 Å². The molecule has 0 aliphatic heterocycles. The fourth-order valence-electron chi connectivity index (χ4n) is 10.1. The van der Waals surface area contributed by atoms with Crippen molar-refractivity contribution in [2.45, 2.75) is 151 Å². The van der Waals surface area contributed by atoms with Crippen molar-refractivity contribution in [3.63, 3.8) is 0 Å².